The van der Waals surface area contributed by atoms with Gasteiger partial charge in [-0.05, 0) is 49.2 Å². The second kappa shape index (κ2) is 5.45. The molecule has 1 aromatic heterocycles. The largest absolute Gasteiger partial charge is 0.467 e. The highest BCUT2D eigenvalue weighted by atomic mass is 19.1. The molecule has 0 saturated heterocycles. The summed E-state index contributed by atoms with van der Waals surface area (Å²) in [6.07, 6.45) is 1.64. The molecule has 1 aromatic carbocycles. The Morgan fingerprint density at radius 3 is 2.74 bits per heavy atom. The smallest absolute Gasteiger partial charge is 0.126 e. The zero-order chi connectivity index (χ0) is 14.0. The van der Waals surface area contributed by atoms with Crippen molar-refractivity contribution in [1.82, 2.24) is 0 Å². The van der Waals surface area contributed by atoms with E-state index in [-0.39, 0.29) is 11.9 Å². The standard InChI is InChI=1S/C15H19FN2O/c1-10-7-15(13(11(2)17)8-14(10)16)18(3)9-12-5-4-6-19-12/h4-8,11H,9,17H2,1-3H3/t11-/m0/s1. The number of furan rings is 1. The van der Waals surface area contributed by atoms with Crippen LogP contribution in [0.15, 0.2) is 34.9 Å². The lowest BCUT2D eigenvalue weighted by Crippen LogP contribution is -2.20. The number of halogens is 1. The monoisotopic (exact) mass is 262 g/mol. The average molecular weight is 262 g/mol. The van der Waals surface area contributed by atoms with Gasteiger partial charge in [-0.2, -0.15) is 0 Å². The maximum absolute atomic E-state index is 13.7. The molecule has 19 heavy (non-hydrogen) atoms. The fourth-order valence-electron chi connectivity index (χ4n) is 2.10. The van der Waals surface area contributed by atoms with Crippen molar-refractivity contribution in [3.05, 3.63) is 53.2 Å². The van der Waals surface area contributed by atoms with Crippen LogP contribution in [0.4, 0.5) is 10.1 Å². The van der Waals surface area contributed by atoms with E-state index < -0.39 is 0 Å². The van der Waals surface area contributed by atoms with E-state index >= 15 is 0 Å². The molecule has 1 heterocycles. The Bertz CT molecular complexity index is 550. The lowest BCUT2D eigenvalue weighted by Gasteiger charge is -2.24. The number of hydrogen-bond acceptors (Lipinski definition) is 3. The first-order valence-corrected chi connectivity index (χ1v) is 6.28. The SMILES string of the molecule is Cc1cc(N(C)Cc2ccco2)c([C@H](C)N)cc1F. The molecule has 0 fully saturated rings. The predicted octanol–water partition coefficient (Wildman–Crippen LogP) is 3.38. The average Bonchev–Trinajstić information content (AvgIpc) is 2.84. The summed E-state index contributed by atoms with van der Waals surface area (Å²) in [7, 11) is 1.95. The van der Waals surface area contributed by atoms with Crippen molar-refractivity contribution in [3.8, 4) is 0 Å². The topological polar surface area (TPSA) is 42.4 Å². The number of anilines is 1. The van der Waals surface area contributed by atoms with Gasteiger partial charge >= 0.3 is 0 Å². The number of nitrogens with two attached hydrogens (primary N) is 1. The van der Waals surface area contributed by atoms with Crippen molar-refractivity contribution in [3.63, 3.8) is 0 Å². The zero-order valence-electron chi connectivity index (χ0n) is 11.5. The molecule has 3 nitrogen and oxygen atoms in total. The summed E-state index contributed by atoms with van der Waals surface area (Å²) in [6.45, 7) is 4.23. The fraction of sp³-hybridized carbons (Fsp3) is 0.333. The van der Waals surface area contributed by atoms with E-state index in [1.807, 2.05) is 37.1 Å². The second-order valence-corrected chi connectivity index (χ2v) is 4.88. The molecule has 0 amide bonds. The normalized spacial score (nSPS) is 12.5. The minimum absolute atomic E-state index is 0.218. The number of hydrogen-bond donors (Lipinski definition) is 1. The van der Waals surface area contributed by atoms with Crippen LogP contribution in [0.1, 0.15) is 29.9 Å². The van der Waals surface area contributed by atoms with Gasteiger partial charge in [0.2, 0.25) is 0 Å². The number of aryl methyl sites for hydroxylation is 1. The van der Waals surface area contributed by atoms with Crippen molar-refractivity contribution in [2.45, 2.75) is 26.4 Å². The summed E-state index contributed by atoms with van der Waals surface area (Å²) in [5.74, 6) is 0.641. The van der Waals surface area contributed by atoms with Gasteiger partial charge < -0.3 is 15.1 Å². The van der Waals surface area contributed by atoms with Crippen molar-refractivity contribution in [2.24, 2.45) is 5.73 Å². The molecule has 4 heteroatoms. The Morgan fingerprint density at radius 1 is 1.42 bits per heavy atom. The third-order valence-corrected chi connectivity index (χ3v) is 3.18. The summed E-state index contributed by atoms with van der Waals surface area (Å²) in [6, 6.07) is 6.90. The molecule has 0 bridgehead atoms. The van der Waals surface area contributed by atoms with E-state index in [2.05, 4.69) is 0 Å². The number of nitrogens with zero attached hydrogens (tertiary/aromatic N) is 1. The second-order valence-electron chi connectivity index (χ2n) is 4.88. The van der Waals surface area contributed by atoms with E-state index in [0.717, 1.165) is 17.0 Å². The van der Waals surface area contributed by atoms with Crippen LogP contribution in [0.3, 0.4) is 0 Å². The van der Waals surface area contributed by atoms with Gasteiger partial charge in [-0.1, -0.05) is 0 Å². The highest BCUT2D eigenvalue weighted by Crippen LogP contribution is 2.28. The minimum atomic E-state index is -0.220. The molecule has 0 saturated carbocycles. The highest BCUT2D eigenvalue weighted by Gasteiger charge is 2.15. The van der Waals surface area contributed by atoms with Crippen LogP contribution < -0.4 is 10.6 Å². The van der Waals surface area contributed by atoms with E-state index in [1.54, 1.807) is 13.2 Å². The molecule has 102 valence electrons. The lowest BCUT2D eigenvalue weighted by molar-refractivity contribution is 0.507. The molecule has 1 atom stereocenters. The molecule has 0 radical (unpaired) electrons. The maximum Gasteiger partial charge on any atom is 0.126 e. The molecule has 0 aliphatic rings. The molecule has 2 N–H and O–H groups in total. The van der Waals surface area contributed by atoms with Crippen LogP contribution in [0.2, 0.25) is 0 Å². The maximum atomic E-state index is 13.7. The first-order valence-electron chi connectivity index (χ1n) is 6.28. The fourth-order valence-corrected chi connectivity index (χ4v) is 2.10. The van der Waals surface area contributed by atoms with Gasteiger partial charge in [-0.15, -0.1) is 0 Å². The summed E-state index contributed by atoms with van der Waals surface area (Å²) < 4.78 is 19.0. The van der Waals surface area contributed by atoms with Gasteiger partial charge in [0.1, 0.15) is 11.6 Å². The van der Waals surface area contributed by atoms with E-state index in [9.17, 15) is 4.39 Å². The van der Waals surface area contributed by atoms with Crippen LogP contribution in [-0.4, -0.2) is 7.05 Å². The Morgan fingerprint density at radius 2 is 2.16 bits per heavy atom. The van der Waals surface area contributed by atoms with Crippen LogP contribution in [0, 0.1) is 12.7 Å². The van der Waals surface area contributed by atoms with E-state index in [1.165, 1.54) is 6.07 Å². The van der Waals surface area contributed by atoms with Crippen LogP contribution in [0.25, 0.3) is 0 Å². The molecule has 0 aliphatic heterocycles. The first-order chi connectivity index (χ1) is 8.99. The summed E-state index contributed by atoms with van der Waals surface area (Å²) in [4.78, 5) is 2.02. The summed E-state index contributed by atoms with van der Waals surface area (Å²) >= 11 is 0. The van der Waals surface area contributed by atoms with Gasteiger partial charge in [0.15, 0.2) is 0 Å². The van der Waals surface area contributed by atoms with E-state index in [0.29, 0.717) is 12.1 Å². The lowest BCUT2D eigenvalue weighted by atomic mass is 10.0. The van der Waals surface area contributed by atoms with Crippen molar-refractivity contribution < 1.29 is 8.81 Å². The Labute approximate surface area is 112 Å². The molecule has 0 aliphatic carbocycles. The molecular formula is C15H19FN2O. The molecular weight excluding hydrogens is 243 g/mol. The van der Waals surface area contributed by atoms with Crippen LogP contribution in [-0.2, 0) is 6.54 Å². The van der Waals surface area contributed by atoms with Gasteiger partial charge in [0.25, 0.3) is 0 Å². The van der Waals surface area contributed by atoms with E-state index in [4.69, 9.17) is 10.2 Å². The molecule has 2 rings (SSSR count). The summed E-state index contributed by atoms with van der Waals surface area (Å²) in [5.41, 5.74) is 8.28. The van der Waals surface area contributed by atoms with Gasteiger partial charge in [-0.3, -0.25) is 0 Å². The highest BCUT2D eigenvalue weighted by molar-refractivity contribution is 5.56. The quantitative estimate of drug-likeness (QED) is 0.918. The molecule has 0 unspecified atom stereocenters. The first kappa shape index (κ1) is 13.6. The Kier molecular flexibility index (Phi) is 3.90. The summed E-state index contributed by atoms with van der Waals surface area (Å²) in [5, 5.41) is 0. The molecule has 2 aromatic rings. The third kappa shape index (κ3) is 2.96. The Balaban J connectivity index is 2.34. The van der Waals surface area contributed by atoms with Crippen molar-refractivity contribution in [1.29, 1.82) is 0 Å². The molecule has 0 spiro atoms. The van der Waals surface area contributed by atoms with Gasteiger partial charge in [0, 0.05) is 18.8 Å². The third-order valence-electron chi connectivity index (χ3n) is 3.18. The Hall–Kier alpha value is -1.81. The zero-order valence-corrected chi connectivity index (χ0v) is 11.5. The van der Waals surface area contributed by atoms with Crippen molar-refractivity contribution in [2.75, 3.05) is 11.9 Å². The van der Waals surface area contributed by atoms with Crippen LogP contribution >= 0.6 is 0 Å². The van der Waals surface area contributed by atoms with Crippen LogP contribution in [0.5, 0.6) is 0 Å². The number of rotatable bonds is 4. The van der Waals surface area contributed by atoms with Gasteiger partial charge in [0.05, 0.1) is 12.8 Å². The van der Waals surface area contributed by atoms with Crippen molar-refractivity contribution >= 4 is 5.69 Å². The number of benzene rings is 1. The van der Waals surface area contributed by atoms with Gasteiger partial charge in [-0.25, -0.2) is 4.39 Å². The predicted molar refractivity (Wildman–Crippen MR) is 74.6 cm³/mol. The minimum Gasteiger partial charge on any atom is -0.467 e.